The van der Waals surface area contributed by atoms with Crippen LogP contribution >= 0.6 is 35.3 Å². The summed E-state index contributed by atoms with van der Waals surface area (Å²) in [4.78, 5) is 9.29. The topological polar surface area (TPSA) is 42.9 Å². The molecule has 0 saturated carbocycles. The third kappa shape index (κ3) is 5.57. The van der Waals surface area contributed by atoms with E-state index in [2.05, 4.69) is 68.2 Å². The van der Waals surface area contributed by atoms with E-state index >= 15 is 0 Å². The molecule has 1 aromatic carbocycles. The van der Waals surface area contributed by atoms with Gasteiger partial charge in [0, 0.05) is 52.0 Å². The van der Waals surface area contributed by atoms with Gasteiger partial charge in [0.1, 0.15) is 0 Å². The minimum Gasteiger partial charge on any atom is -0.374 e. The number of halogens is 1. The van der Waals surface area contributed by atoms with Crippen LogP contribution in [0.3, 0.4) is 0 Å². The fourth-order valence-electron chi connectivity index (χ4n) is 4.22. The molecule has 0 unspecified atom stereocenters. The first-order chi connectivity index (χ1) is 13.7. The summed E-state index contributed by atoms with van der Waals surface area (Å²) in [6.45, 7) is 4.18. The van der Waals surface area contributed by atoms with Gasteiger partial charge in [0.25, 0.3) is 0 Å². The van der Waals surface area contributed by atoms with E-state index in [1.807, 2.05) is 18.4 Å². The van der Waals surface area contributed by atoms with Crippen LogP contribution in [-0.4, -0.2) is 45.7 Å². The van der Waals surface area contributed by atoms with Gasteiger partial charge >= 0.3 is 0 Å². The smallest absolute Gasteiger partial charge is 0.191 e. The molecular formula is C22H32IN5S. The average Bonchev–Trinajstić information content (AvgIpc) is 3.26. The predicted molar refractivity (Wildman–Crippen MR) is 136 cm³/mol. The zero-order valence-electron chi connectivity index (χ0n) is 17.4. The number of hydrogen-bond acceptors (Lipinski definition) is 4. The summed E-state index contributed by atoms with van der Waals surface area (Å²) in [5, 5.41) is 10.7. The Morgan fingerprint density at radius 3 is 2.76 bits per heavy atom. The fraction of sp³-hybridized carbons (Fsp3) is 0.500. The maximum Gasteiger partial charge on any atom is 0.191 e. The third-order valence-electron chi connectivity index (χ3n) is 5.83. The molecule has 0 radical (unpaired) electrons. The summed E-state index contributed by atoms with van der Waals surface area (Å²) in [5.74, 6) is 0.907. The van der Waals surface area contributed by atoms with Gasteiger partial charge in [0.15, 0.2) is 5.96 Å². The minimum absolute atomic E-state index is 0. The van der Waals surface area contributed by atoms with Crippen LogP contribution in [0.2, 0.25) is 0 Å². The molecule has 4 rings (SSSR count). The van der Waals surface area contributed by atoms with E-state index in [-0.39, 0.29) is 24.0 Å². The standard InChI is InChI=1S/C22H31N5S.HI/c1-23-22(25-19-9-12-27(13-10-19)21-6-4-14-28-21)24-16-17-7-8-20-18(15-17)5-3-11-26(20)2;/h4,6-8,14-15,19H,3,5,9-13,16H2,1-2H3,(H2,23,24,25);1H. The Morgan fingerprint density at radius 2 is 2.03 bits per heavy atom. The molecule has 2 aliphatic heterocycles. The molecule has 0 aliphatic carbocycles. The SMILES string of the molecule is CN=C(NCc1ccc2c(c1)CCCN2C)NC1CCN(c2cccs2)CC1.I. The molecule has 7 heteroatoms. The third-order valence-corrected chi connectivity index (χ3v) is 6.76. The Balaban J connectivity index is 0.00000240. The van der Waals surface area contributed by atoms with Gasteiger partial charge in [-0.05, 0) is 60.4 Å². The van der Waals surface area contributed by atoms with E-state index < -0.39 is 0 Å². The fourth-order valence-corrected chi connectivity index (χ4v) is 5.00. The van der Waals surface area contributed by atoms with Gasteiger partial charge in [0.05, 0.1) is 5.00 Å². The second-order valence-electron chi connectivity index (χ2n) is 7.77. The Morgan fingerprint density at radius 1 is 1.21 bits per heavy atom. The molecule has 0 bridgehead atoms. The molecule has 2 N–H and O–H groups in total. The van der Waals surface area contributed by atoms with Crippen LogP contribution in [0, 0.1) is 0 Å². The highest BCUT2D eigenvalue weighted by Crippen LogP contribution is 2.27. The minimum atomic E-state index is 0. The molecule has 1 aromatic heterocycles. The lowest BCUT2D eigenvalue weighted by molar-refractivity contribution is 0.463. The molecule has 3 heterocycles. The first-order valence-electron chi connectivity index (χ1n) is 10.3. The molecule has 0 spiro atoms. The number of guanidine groups is 1. The molecule has 0 atom stereocenters. The van der Waals surface area contributed by atoms with Crippen molar-refractivity contribution in [2.45, 2.75) is 38.3 Å². The number of nitrogens with one attached hydrogen (secondary N) is 2. The van der Waals surface area contributed by atoms with Gasteiger partial charge in [-0.25, -0.2) is 0 Å². The summed E-state index contributed by atoms with van der Waals surface area (Å²) in [6.07, 6.45) is 4.71. The van der Waals surface area contributed by atoms with E-state index in [0.717, 1.165) is 45.0 Å². The summed E-state index contributed by atoms with van der Waals surface area (Å²) in [5.41, 5.74) is 4.18. The van der Waals surface area contributed by atoms with E-state index in [4.69, 9.17) is 0 Å². The lowest BCUT2D eigenvalue weighted by Crippen LogP contribution is -2.48. The largest absolute Gasteiger partial charge is 0.374 e. The van der Waals surface area contributed by atoms with Crippen molar-refractivity contribution in [3.63, 3.8) is 0 Å². The van der Waals surface area contributed by atoms with Gasteiger partial charge in [0.2, 0.25) is 0 Å². The summed E-state index contributed by atoms with van der Waals surface area (Å²) in [6, 6.07) is 11.7. The monoisotopic (exact) mass is 525 g/mol. The van der Waals surface area contributed by atoms with E-state index in [1.54, 1.807) is 0 Å². The van der Waals surface area contributed by atoms with Gasteiger partial charge in [-0.3, -0.25) is 4.99 Å². The Labute approximate surface area is 195 Å². The average molecular weight is 526 g/mol. The molecule has 2 aliphatic rings. The molecule has 2 aromatic rings. The molecule has 5 nitrogen and oxygen atoms in total. The lowest BCUT2D eigenvalue weighted by Gasteiger charge is -2.33. The molecule has 158 valence electrons. The van der Waals surface area contributed by atoms with Crippen molar-refractivity contribution < 1.29 is 0 Å². The van der Waals surface area contributed by atoms with E-state index in [9.17, 15) is 0 Å². The number of aryl methyl sites for hydroxylation is 1. The van der Waals surface area contributed by atoms with Crippen molar-refractivity contribution in [2.24, 2.45) is 4.99 Å². The number of anilines is 2. The second-order valence-corrected chi connectivity index (χ2v) is 8.70. The quantitative estimate of drug-likeness (QED) is 0.359. The van der Waals surface area contributed by atoms with Crippen LogP contribution in [0.1, 0.15) is 30.4 Å². The molecular weight excluding hydrogens is 493 g/mol. The van der Waals surface area contributed by atoms with Gasteiger partial charge in [-0.2, -0.15) is 0 Å². The number of nitrogens with zero attached hydrogens (tertiary/aromatic N) is 3. The highest BCUT2D eigenvalue weighted by Gasteiger charge is 2.20. The van der Waals surface area contributed by atoms with E-state index in [0.29, 0.717) is 6.04 Å². The maximum absolute atomic E-state index is 4.44. The van der Waals surface area contributed by atoms with Crippen LogP contribution in [-0.2, 0) is 13.0 Å². The van der Waals surface area contributed by atoms with Gasteiger partial charge in [-0.1, -0.05) is 12.1 Å². The molecule has 1 saturated heterocycles. The Bertz CT molecular complexity index is 800. The number of rotatable bonds is 4. The zero-order chi connectivity index (χ0) is 19.3. The summed E-state index contributed by atoms with van der Waals surface area (Å²) >= 11 is 1.83. The van der Waals surface area contributed by atoms with Crippen LogP contribution in [0.4, 0.5) is 10.7 Å². The van der Waals surface area contributed by atoms with Crippen LogP contribution < -0.4 is 20.4 Å². The predicted octanol–water partition coefficient (Wildman–Crippen LogP) is 4.08. The van der Waals surface area contributed by atoms with Crippen molar-refractivity contribution in [1.29, 1.82) is 0 Å². The van der Waals surface area contributed by atoms with Crippen molar-refractivity contribution >= 4 is 52.0 Å². The highest BCUT2D eigenvalue weighted by atomic mass is 127. The molecule has 29 heavy (non-hydrogen) atoms. The number of piperidine rings is 1. The van der Waals surface area contributed by atoms with Crippen LogP contribution in [0.5, 0.6) is 0 Å². The van der Waals surface area contributed by atoms with E-state index in [1.165, 1.54) is 34.7 Å². The number of hydrogen-bond donors (Lipinski definition) is 2. The van der Waals surface area contributed by atoms with Crippen molar-refractivity contribution in [1.82, 2.24) is 10.6 Å². The lowest BCUT2D eigenvalue weighted by atomic mass is 9.99. The Kier molecular flexibility index (Phi) is 8.06. The number of fused-ring (bicyclic) bond motifs is 1. The first kappa shape index (κ1) is 22.2. The number of aliphatic imine (C=N–C) groups is 1. The van der Waals surface area contributed by atoms with Crippen LogP contribution in [0.25, 0.3) is 0 Å². The Hall–Kier alpha value is -1.48. The maximum atomic E-state index is 4.44. The zero-order valence-corrected chi connectivity index (χ0v) is 20.5. The molecule has 0 amide bonds. The van der Waals surface area contributed by atoms with Gasteiger partial charge < -0.3 is 20.4 Å². The molecule has 1 fully saturated rings. The highest BCUT2D eigenvalue weighted by molar-refractivity contribution is 14.0. The summed E-state index contributed by atoms with van der Waals surface area (Å²) in [7, 11) is 4.05. The van der Waals surface area contributed by atoms with Gasteiger partial charge in [-0.15, -0.1) is 35.3 Å². The summed E-state index contributed by atoms with van der Waals surface area (Å²) < 4.78 is 0. The van der Waals surface area contributed by atoms with Crippen LogP contribution in [0.15, 0.2) is 40.7 Å². The number of thiophene rings is 1. The normalized spacial score (nSPS) is 17.5. The van der Waals surface area contributed by atoms with Crippen molar-refractivity contribution in [3.05, 3.63) is 46.8 Å². The second kappa shape index (κ2) is 10.5. The first-order valence-corrected chi connectivity index (χ1v) is 11.2. The van der Waals surface area contributed by atoms with Crippen molar-refractivity contribution in [2.75, 3.05) is 43.5 Å². The number of benzene rings is 1. The van der Waals surface area contributed by atoms with Crippen molar-refractivity contribution in [3.8, 4) is 0 Å².